The number of aldehydes is 1. The van der Waals surface area contributed by atoms with E-state index in [-0.39, 0.29) is 36.3 Å². The summed E-state index contributed by atoms with van der Waals surface area (Å²) in [6, 6.07) is 9.45. The molecule has 0 radical (unpaired) electrons. The van der Waals surface area contributed by atoms with Gasteiger partial charge in [0, 0.05) is 19.3 Å². The number of esters is 1. The molecule has 0 unspecified atom stereocenters. The third kappa shape index (κ3) is 4.66. The van der Waals surface area contributed by atoms with Gasteiger partial charge in [-0.3, -0.25) is 9.59 Å². The summed E-state index contributed by atoms with van der Waals surface area (Å²) in [5.41, 5.74) is 6.90. The SMILES string of the molecule is CCOC(=O)CCNc1nc(N)nc(N(C)c2ccccc2)c1C=O. The molecule has 8 nitrogen and oxygen atoms in total. The van der Waals surface area contributed by atoms with Crippen LogP contribution in [0.1, 0.15) is 23.7 Å². The number of para-hydroxylation sites is 1. The van der Waals surface area contributed by atoms with Crippen molar-refractivity contribution in [1.82, 2.24) is 9.97 Å². The first-order chi connectivity index (χ1) is 12.1. The van der Waals surface area contributed by atoms with Gasteiger partial charge in [-0.05, 0) is 19.1 Å². The zero-order valence-corrected chi connectivity index (χ0v) is 14.2. The van der Waals surface area contributed by atoms with Gasteiger partial charge in [0.1, 0.15) is 5.82 Å². The molecule has 1 aromatic heterocycles. The monoisotopic (exact) mass is 343 g/mol. The molecule has 2 rings (SSSR count). The van der Waals surface area contributed by atoms with E-state index in [1.165, 1.54) is 0 Å². The molecule has 1 heterocycles. The van der Waals surface area contributed by atoms with Crippen LogP contribution in [0.5, 0.6) is 0 Å². The van der Waals surface area contributed by atoms with Gasteiger partial charge in [-0.1, -0.05) is 18.2 Å². The standard InChI is InChI=1S/C17H21N5O3/c1-3-25-14(24)9-10-19-15-13(11-23)16(21-17(18)20-15)22(2)12-7-5-4-6-8-12/h4-8,11H,3,9-10H2,1-2H3,(H3,18,19,20,21). The predicted octanol–water partition coefficient (Wildman–Crippen LogP) is 2.00. The second-order valence-electron chi connectivity index (χ2n) is 5.16. The number of hydrogen-bond donors (Lipinski definition) is 2. The summed E-state index contributed by atoms with van der Waals surface area (Å²) in [6.07, 6.45) is 0.820. The molecule has 3 N–H and O–H groups in total. The highest BCUT2D eigenvalue weighted by Gasteiger charge is 2.17. The third-order valence-electron chi connectivity index (χ3n) is 3.45. The van der Waals surface area contributed by atoms with Crippen LogP contribution in [0.15, 0.2) is 30.3 Å². The summed E-state index contributed by atoms with van der Waals surface area (Å²) in [4.78, 5) is 33.0. The molecule has 132 valence electrons. The largest absolute Gasteiger partial charge is 0.466 e. The van der Waals surface area contributed by atoms with E-state index in [2.05, 4.69) is 15.3 Å². The zero-order chi connectivity index (χ0) is 18.2. The van der Waals surface area contributed by atoms with Crippen LogP contribution in [-0.4, -0.2) is 42.4 Å². The molecule has 25 heavy (non-hydrogen) atoms. The lowest BCUT2D eigenvalue weighted by Crippen LogP contribution is -2.19. The minimum Gasteiger partial charge on any atom is -0.466 e. The minimum absolute atomic E-state index is 0.0296. The second kappa shape index (κ2) is 8.62. The fraction of sp³-hybridized carbons (Fsp3) is 0.294. The van der Waals surface area contributed by atoms with Gasteiger partial charge in [0.25, 0.3) is 0 Å². The Morgan fingerprint density at radius 1 is 1.32 bits per heavy atom. The van der Waals surface area contributed by atoms with Crippen molar-refractivity contribution in [3.63, 3.8) is 0 Å². The Balaban J connectivity index is 2.25. The molecule has 0 aliphatic heterocycles. The fourth-order valence-corrected chi connectivity index (χ4v) is 2.26. The van der Waals surface area contributed by atoms with Crippen molar-refractivity contribution in [2.45, 2.75) is 13.3 Å². The van der Waals surface area contributed by atoms with E-state index in [0.29, 0.717) is 18.7 Å². The molecular weight excluding hydrogens is 322 g/mol. The lowest BCUT2D eigenvalue weighted by atomic mass is 10.2. The predicted molar refractivity (Wildman–Crippen MR) is 96.1 cm³/mol. The average molecular weight is 343 g/mol. The summed E-state index contributed by atoms with van der Waals surface area (Å²) in [5, 5.41) is 2.95. The van der Waals surface area contributed by atoms with E-state index in [4.69, 9.17) is 10.5 Å². The van der Waals surface area contributed by atoms with Gasteiger partial charge in [-0.25, -0.2) is 0 Å². The molecule has 0 amide bonds. The molecule has 0 atom stereocenters. The van der Waals surface area contributed by atoms with Crippen molar-refractivity contribution < 1.29 is 14.3 Å². The first kappa shape index (κ1) is 18.2. The molecule has 0 spiro atoms. The van der Waals surface area contributed by atoms with Crippen molar-refractivity contribution in [3.8, 4) is 0 Å². The van der Waals surface area contributed by atoms with Gasteiger partial charge < -0.3 is 20.7 Å². The van der Waals surface area contributed by atoms with Crippen LogP contribution in [0.2, 0.25) is 0 Å². The summed E-state index contributed by atoms with van der Waals surface area (Å²) in [7, 11) is 1.78. The highest BCUT2D eigenvalue weighted by atomic mass is 16.5. The summed E-state index contributed by atoms with van der Waals surface area (Å²) in [5.74, 6) is 0.366. The number of carbonyl (C=O) groups excluding carboxylic acids is 2. The van der Waals surface area contributed by atoms with Crippen LogP contribution in [-0.2, 0) is 9.53 Å². The number of nitrogens with zero attached hydrogens (tertiary/aromatic N) is 3. The Kier molecular flexibility index (Phi) is 6.27. The Morgan fingerprint density at radius 3 is 2.68 bits per heavy atom. The van der Waals surface area contributed by atoms with Crippen LogP contribution in [0.25, 0.3) is 0 Å². The number of aromatic nitrogens is 2. The maximum atomic E-state index is 11.6. The average Bonchev–Trinajstić information content (AvgIpc) is 2.61. The number of rotatable bonds is 8. The lowest BCUT2D eigenvalue weighted by molar-refractivity contribution is -0.142. The van der Waals surface area contributed by atoms with Crippen LogP contribution < -0.4 is 16.0 Å². The van der Waals surface area contributed by atoms with Crippen molar-refractivity contribution in [1.29, 1.82) is 0 Å². The van der Waals surface area contributed by atoms with E-state index < -0.39 is 0 Å². The van der Waals surface area contributed by atoms with Crippen LogP contribution in [0.4, 0.5) is 23.3 Å². The Bertz CT molecular complexity index is 737. The van der Waals surface area contributed by atoms with E-state index in [1.807, 2.05) is 30.3 Å². The molecular formula is C17H21N5O3. The zero-order valence-electron chi connectivity index (χ0n) is 14.2. The number of anilines is 4. The van der Waals surface area contributed by atoms with Gasteiger partial charge in [-0.15, -0.1) is 0 Å². The first-order valence-corrected chi connectivity index (χ1v) is 7.87. The number of benzene rings is 1. The maximum Gasteiger partial charge on any atom is 0.307 e. The van der Waals surface area contributed by atoms with Gasteiger partial charge in [-0.2, -0.15) is 9.97 Å². The van der Waals surface area contributed by atoms with Gasteiger partial charge in [0.2, 0.25) is 5.95 Å². The highest BCUT2D eigenvalue weighted by molar-refractivity contribution is 5.91. The number of carbonyl (C=O) groups is 2. The molecule has 0 aliphatic rings. The third-order valence-corrected chi connectivity index (χ3v) is 3.45. The molecule has 0 fully saturated rings. The maximum absolute atomic E-state index is 11.6. The molecule has 0 aliphatic carbocycles. The topological polar surface area (TPSA) is 110 Å². The molecule has 2 aromatic rings. The number of nitrogens with two attached hydrogens (primary N) is 1. The van der Waals surface area contributed by atoms with Crippen molar-refractivity contribution in [2.75, 3.05) is 36.1 Å². The normalized spacial score (nSPS) is 10.2. The van der Waals surface area contributed by atoms with Crippen LogP contribution in [0.3, 0.4) is 0 Å². The minimum atomic E-state index is -0.327. The van der Waals surface area contributed by atoms with Gasteiger partial charge >= 0.3 is 5.97 Å². The molecule has 8 heteroatoms. The molecule has 0 saturated carbocycles. The van der Waals surface area contributed by atoms with E-state index in [1.54, 1.807) is 18.9 Å². The first-order valence-electron chi connectivity index (χ1n) is 7.87. The van der Waals surface area contributed by atoms with Crippen LogP contribution in [0, 0.1) is 0 Å². The summed E-state index contributed by atoms with van der Waals surface area (Å²) in [6.45, 7) is 2.34. The van der Waals surface area contributed by atoms with E-state index >= 15 is 0 Å². The van der Waals surface area contributed by atoms with E-state index in [0.717, 1.165) is 5.69 Å². The van der Waals surface area contributed by atoms with Crippen LogP contribution >= 0.6 is 0 Å². The quantitative estimate of drug-likeness (QED) is 0.553. The summed E-state index contributed by atoms with van der Waals surface area (Å²) < 4.78 is 4.87. The van der Waals surface area contributed by atoms with E-state index in [9.17, 15) is 9.59 Å². The molecule has 0 bridgehead atoms. The Labute approximate surface area is 146 Å². The Hall–Kier alpha value is -3.16. The summed E-state index contributed by atoms with van der Waals surface area (Å²) >= 11 is 0. The van der Waals surface area contributed by atoms with Gasteiger partial charge in [0.05, 0.1) is 18.6 Å². The fourth-order valence-electron chi connectivity index (χ4n) is 2.26. The van der Waals surface area contributed by atoms with Crippen molar-refractivity contribution in [3.05, 3.63) is 35.9 Å². The lowest BCUT2D eigenvalue weighted by Gasteiger charge is -2.21. The number of nitrogen functional groups attached to an aromatic ring is 1. The molecule has 1 aromatic carbocycles. The molecule has 0 saturated heterocycles. The number of nitrogens with one attached hydrogen (secondary N) is 1. The number of hydrogen-bond acceptors (Lipinski definition) is 8. The number of ether oxygens (including phenoxy) is 1. The second-order valence-corrected chi connectivity index (χ2v) is 5.16. The van der Waals surface area contributed by atoms with Crippen molar-refractivity contribution >= 4 is 35.5 Å². The smallest absolute Gasteiger partial charge is 0.307 e. The van der Waals surface area contributed by atoms with Gasteiger partial charge in [0.15, 0.2) is 12.1 Å². The highest BCUT2D eigenvalue weighted by Crippen LogP contribution is 2.28. The Morgan fingerprint density at radius 2 is 2.04 bits per heavy atom. The van der Waals surface area contributed by atoms with Crippen molar-refractivity contribution in [2.24, 2.45) is 0 Å².